The van der Waals surface area contributed by atoms with E-state index in [4.69, 9.17) is 0 Å². The average molecular weight is 283 g/mol. The molecule has 0 aromatic heterocycles. The van der Waals surface area contributed by atoms with Crippen molar-refractivity contribution in [3.8, 4) is 0 Å². The van der Waals surface area contributed by atoms with Gasteiger partial charge in [0.15, 0.2) is 0 Å². The number of hydrogen-bond acceptors (Lipinski definition) is 2. The molecule has 0 radical (unpaired) electrons. The Balaban J connectivity index is 3.93. The van der Waals surface area contributed by atoms with E-state index in [2.05, 4.69) is 37.7 Å². The smallest absolute Gasteiger partial charge is 0.372 e. The maximum Gasteiger partial charge on any atom is 0.411 e. The summed E-state index contributed by atoms with van der Waals surface area (Å²) in [5.74, 6) is 0. The van der Waals surface area contributed by atoms with Crippen molar-refractivity contribution < 1.29 is 17.9 Å². The van der Waals surface area contributed by atoms with Gasteiger partial charge in [-0.05, 0) is 24.7 Å². The second-order valence-corrected chi connectivity index (χ2v) is 5.87. The van der Waals surface area contributed by atoms with Gasteiger partial charge in [-0.1, -0.05) is 34.1 Å². The highest BCUT2D eigenvalue weighted by molar-refractivity contribution is 4.77. The molecular weight excluding hydrogens is 255 g/mol. The van der Waals surface area contributed by atoms with E-state index in [1.54, 1.807) is 0 Å². The molecule has 0 bridgehead atoms. The fourth-order valence-corrected chi connectivity index (χ4v) is 2.14. The molecule has 1 atom stereocenters. The number of rotatable bonds is 10. The van der Waals surface area contributed by atoms with Crippen molar-refractivity contribution in [2.24, 2.45) is 5.41 Å². The van der Waals surface area contributed by atoms with Gasteiger partial charge in [-0.15, -0.1) is 0 Å². The van der Waals surface area contributed by atoms with Gasteiger partial charge in [0.25, 0.3) is 0 Å². The van der Waals surface area contributed by atoms with Crippen molar-refractivity contribution in [3.63, 3.8) is 0 Å². The van der Waals surface area contributed by atoms with E-state index in [1.807, 2.05) is 0 Å². The Morgan fingerprint density at radius 1 is 1.16 bits per heavy atom. The van der Waals surface area contributed by atoms with Gasteiger partial charge in [0.1, 0.15) is 6.61 Å². The van der Waals surface area contributed by atoms with E-state index >= 15 is 0 Å². The summed E-state index contributed by atoms with van der Waals surface area (Å²) in [7, 11) is 0. The lowest BCUT2D eigenvalue weighted by Crippen LogP contribution is -2.36. The predicted octanol–water partition coefficient (Wildman–Crippen LogP) is 4.15. The van der Waals surface area contributed by atoms with Gasteiger partial charge in [-0.25, -0.2) is 0 Å². The van der Waals surface area contributed by atoms with Crippen molar-refractivity contribution in [3.05, 3.63) is 0 Å². The third-order valence-corrected chi connectivity index (χ3v) is 3.13. The molecule has 1 N–H and O–H groups in total. The highest BCUT2D eigenvalue weighted by Gasteiger charge is 2.27. The van der Waals surface area contributed by atoms with Crippen molar-refractivity contribution >= 4 is 0 Å². The maximum absolute atomic E-state index is 11.9. The van der Waals surface area contributed by atoms with Crippen molar-refractivity contribution in [2.75, 3.05) is 19.8 Å². The van der Waals surface area contributed by atoms with Gasteiger partial charge in [-0.2, -0.15) is 13.2 Å². The van der Waals surface area contributed by atoms with Crippen LogP contribution in [0.4, 0.5) is 13.2 Å². The lowest BCUT2D eigenvalue weighted by molar-refractivity contribution is -0.174. The molecule has 0 saturated carbocycles. The molecule has 0 aromatic carbocycles. The van der Waals surface area contributed by atoms with Crippen LogP contribution in [0, 0.1) is 5.41 Å². The molecule has 0 aromatic rings. The lowest BCUT2D eigenvalue weighted by atomic mass is 9.81. The van der Waals surface area contributed by atoms with Crippen LogP contribution < -0.4 is 5.32 Å². The topological polar surface area (TPSA) is 21.3 Å². The Morgan fingerprint density at radius 3 is 2.26 bits per heavy atom. The summed E-state index contributed by atoms with van der Waals surface area (Å²) in [5, 5.41) is 3.42. The van der Waals surface area contributed by atoms with Crippen LogP contribution in [-0.4, -0.2) is 32.0 Å². The molecule has 19 heavy (non-hydrogen) atoms. The van der Waals surface area contributed by atoms with Crippen LogP contribution in [0.25, 0.3) is 0 Å². The molecule has 0 rings (SSSR count). The van der Waals surface area contributed by atoms with Crippen LogP contribution in [0.1, 0.15) is 53.4 Å². The molecule has 0 aliphatic rings. The van der Waals surface area contributed by atoms with E-state index in [-0.39, 0.29) is 12.0 Å². The Hall–Kier alpha value is -0.290. The van der Waals surface area contributed by atoms with Gasteiger partial charge in [0, 0.05) is 19.2 Å². The molecule has 5 heteroatoms. The highest BCUT2D eigenvalue weighted by Crippen LogP contribution is 2.28. The Labute approximate surface area is 115 Å². The fraction of sp³-hybridized carbons (Fsp3) is 1.00. The van der Waals surface area contributed by atoms with Crippen LogP contribution in [0.3, 0.4) is 0 Å². The molecule has 0 saturated heterocycles. The van der Waals surface area contributed by atoms with Crippen LogP contribution >= 0.6 is 0 Å². The highest BCUT2D eigenvalue weighted by atomic mass is 19.4. The minimum atomic E-state index is -4.22. The molecule has 0 fully saturated rings. The van der Waals surface area contributed by atoms with Crippen molar-refractivity contribution in [1.82, 2.24) is 5.32 Å². The van der Waals surface area contributed by atoms with E-state index in [0.717, 1.165) is 25.8 Å². The first kappa shape index (κ1) is 18.7. The Bertz CT molecular complexity index is 231. The molecule has 116 valence electrons. The maximum atomic E-state index is 11.9. The third kappa shape index (κ3) is 11.3. The second-order valence-electron chi connectivity index (χ2n) is 5.87. The van der Waals surface area contributed by atoms with Gasteiger partial charge >= 0.3 is 6.18 Å². The standard InChI is InChI=1S/C14H28F3NO/c1-5-7-13(4,10-18-12(2)3)8-6-9-19-11-14(15,16)17/h12,18H,5-11H2,1-4H3. The Kier molecular flexibility index (Phi) is 8.66. The van der Waals surface area contributed by atoms with Crippen molar-refractivity contribution in [2.45, 2.75) is 65.6 Å². The molecule has 1 unspecified atom stereocenters. The zero-order valence-electron chi connectivity index (χ0n) is 12.6. The van der Waals surface area contributed by atoms with E-state index in [9.17, 15) is 13.2 Å². The number of ether oxygens (including phenoxy) is 1. The summed E-state index contributed by atoms with van der Waals surface area (Å²) in [5.41, 5.74) is 0.139. The first-order chi connectivity index (χ1) is 8.68. The number of halogens is 3. The van der Waals surface area contributed by atoms with Crippen LogP contribution in [-0.2, 0) is 4.74 Å². The number of alkyl halides is 3. The molecular formula is C14H28F3NO. The molecule has 0 amide bonds. The second kappa shape index (κ2) is 8.80. The largest absolute Gasteiger partial charge is 0.411 e. The zero-order valence-corrected chi connectivity index (χ0v) is 12.6. The van der Waals surface area contributed by atoms with E-state index in [1.165, 1.54) is 0 Å². The predicted molar refractivity (Wildman–Crippen MR) is 72.3 cm³/mol. The van der Waals surface area contributed by atoms with Gasteiger partial charge < -0.3 is 10.1 Å². The van der Waals surface area contributed by atoms with Crippen LogP contribution in [0.5, 0.6) is 0 Å². The van der Waals surface area contributed by atoms with Gasteiger partial charge in [0.2, 0.25) is 0 Å². The SMILES string of the molecule is CCCC(C)(CCCOCC(F)(F)F)CNC(C)C. The summed E-state index contributed by atoms with van der Waals surface area (Å²) in [6.07, 6.45) is -0.498. The van der Waals surface area contributed by atoms with E-state index < -0.39 is 12.8 Å². The number of nitrogens with one attached hydrogen (secondary N) is 1. The summed E-state index contributed by atoms with van der Waals surface area (Å²) >= 11 is 0. The molecule has 2 nitrogen and oxygen atoms in total. The minimum absolute atomic E-state index is 0.139. The molecule has 0 spiro atoms. The first-order valence-corrected chi connectivity index (χ1v) is 7.06. The van der Waals surface area contributed by atoms with Crippen LogP contribution in [0.2, 0.25) is 0 Å². The van der Waals surface area contributed by atoms with Crippen molar-refractivity contribution in [1.29, 1.82) is 0 Å². The van der Waals surface area contributed by atoms with Gasteiger partial charge in [0.05, 0.1) is 0 Å². The summed E-state index contributed by atoms with van der Waals surface area (Å²) in [4.78, 5) is 0. The summed E-state index contributed by atoms with van der Waals surface area (Å²) < 4.78 is 40.4. The zero-order chi connectivity index (χ0) is 14.9. The summed E-state index contributed by atoms with van der Waals surface area (Å²) in [6.45, 7) is 8.46. The third-order valence-electron chi connectivity index (χ3n) is 3.13. The quantitative estimate of drug-likeness (QED) is 0.608. The number of hydrogen-bond donors (Lipinski definition) is 1. The molecule has 0 aliphatic heterocycles. The fourth-order valence-electron chi connectivity index (χ4n) is 2.14. The minimum Gasteiger partial charge on any atom is -0.372 e. The summed E-state index contributed by atoms with van der Waals surface area (Å²) in [6, 6.07) is 0.428. The Morgan fingerprint density at radius 2 is 1.79 bits per heavy atom. The van der Waals surface area contributed by atoms with E-state index in [0.29, 0.717) is 12.5 Å². The normalized spacial score (nSPS) is 15.8. The first-order valence-electron chi connectivity index (χ1n) is 7.06. The average Bonchev–Trinajstić information content (AvgIpc) is 2.25. The lowest BCUT2D eigenvalue weighted by Gasteiger charge is -2.31. The molecule has 0 aliphatic carbocycles. The monoisotopic (exact) mass is 283 g/mol. The molecule has 0 heterocycles. The van der Waals surface area contributed by atoms with Crippen LogP contribution in [0.15, 0.2) is 0 Å². The van der Waals surface area contributed by atoms with Gasteiger partial charge in [-0.3, -0.25) is 0 Å².